The molecule has 1 aliphatic heterocycles. The van der Waals surface area contributed by atoms with Crippen LogP contribution in [0.3, 0.4) is 0 Å². The number of amides is 2. The lowest BCUT2D eigenvalue weighted by Gasteiger charge is -2.26. The van der Waals surface area contributed by atoms with Crippen LogP contribution in [0, 0.1) is 11.6 Å². The van der Waals surface area contributed by atoms with Crippen molar-refractivity contribution in [1.82, 2.24) is 15.5 Å². The third-order valence-electron chi connectivity index (χ3n) is 4.25. The average molecular weight is 335 g/mol. The van der Waals surface area contributed by atoms with E-state index in [2.05, 4.69) is 10.6 Å². The van der Waals surface area contributed by atoms with Gasteiger partial charge in [-0.15, -0.1) is 0 Å². The van der Waals surface area contributed by atoms with Gasteiger partial charge in [-0.3, -0.25) is 4.90 Å². The highest BCUT2D eigenvalue weighted by Gasteiger charge is 2.34. The fourth-order valence-electron chi connectivity index (χ4n) is 3.08. The van der Waals surface area contributed by atoms with Crippen LogP contribution in [0.5, 0.6) is 0 Å². The second-order valence-corrected chi connectivity index (χ2v) is 5.90. The Kier molecular flexibility index (Phi) is 4.80. The summed E-state index contributed by atoms with van der Waals surface area (Å²) in [6, 6.07) is 6.68. The first kappa shape index (κ1) is 16.4. The van der Waals surface area contributed by atoms with Crippen LogP contribution in [0.25, 0.3) is 0 Å². The summed E-state index contributed by atoms with van der Waals surface area (Å²) in [6.45, 7) is 1.05. The number of likely N-dealkylation sites (N-methyl/N-ethyl adjacent to an activating group) is 1. The molecule has 1 saturated heterocycles. The zero-order valence-corrected chi connectivity index (χ0v) is 13.3. The van der Waals surface area contributed by atoms with Crippen LogP contribution < -0.4 is 10.6 Å². The molecule has 1 aromatic heterocycles. The summed E-state index contributed by atoms with van der Waals surface area (Å²) >= 11 is 0. The van der Waals surface area contributed by atoms with Crippen molar-refractivity contribution in [2.24, 2.45) is 0 Å². The third kappa shape index (κ3) is 3.56. The molecule has 0 unspecified atom stereocenters. The lowest BCUT2D eigenvalue weighted by Crippen LogP contribution is -2.44. The molecule has 2 amide bonds. The van der Waals surface area contributed by atoms with Gasteiger partial charge in [-0.1, -0.05) is 6.07 Å². The van der Waals surface area contributed by atoms with Crippen LogP contribution in [0.2, 0.25) is 0 Å². The molecule has 0 radical (unpaired) electrons. The number of nitrogens with zero attached hydrogens (tertiary/aromatic N) is 1. The second kappa shape index (κ2) is 7.00. The van der Waals surface area contributed by atoms with Crippen molar-refractivity contribution < 1.29 is 18.0 Å². The van der Waals surface area contributed by atoms with Crippen molar-refractivity contribution in [3.8, 4) is 0 Å². The maximum atomic E-state index is 13.5. The minimum atomic E-state index is -0.881. The van der Waals surface area contributed by atoms with E-state index in [1.807, 2.05) is 11.9 Å². The molecule has 7 heteroatoms. The van der Waals surface area contributed by atoms with Gasteiger partial charge in [-0.2, -0.15) is 0 Å². The number of halogens is 2. The highest BCUT2D eigenvalue weighted by atomic mass is 19.2. The van der Waals surface area contributed by atoms with E-state index in [1.165, 1.54) is 6.07 Å². The van der Waals surface area contributed by atoms with Crippen molar-refractivity contribution in [1.29, 1.82) is 0 Å². The van der Waals surface area contributed by atoms with E-state index in [9.17, 15) is 13.6 Å². The average Bonchev–Trinajstić information content (AvgIpc) is 3.18. The molecule has 1 aromatic carbocycles. The minimum Gasteiger partial charge on any atom is -0.467 e. The number of hydrogen-bond donors (Lipinski definition) is 2. The quantitative estimate of drug-likeness (QED) is 0.903. The molecule has 0 spiro atoms. The topological polar surface area (TPSA) is 57.5 Å². The van der Waals surface area contributed by atoms with E-state index in [0.29, 0.717) is 11.3 Å². The molecule has 2 heterocycles. The molecule has 24 heavy (non-hydrogen) atoms. The maximum absolute atomic E-state index is 13.5. The SMILES string of the molecule is CN1CC[C@H](NC(=O)NCc2ccco2)[C@@H]1c1ccc(F)c(F)c1. The molecule has 5 nitrogen and oxygen atoms in total. The molecule has 3 rings (SSSR count). The minimum absolute atomic E-state index is 0.184. The molecule has 1 aliphatic rings. The largest absolute Gasteiger partial charge is 0.467 e. The van der Waals surface area contributed by atoms with Gasteiger partial charge in [0.15, 0.2) is 11.6 Å². The molecule has 2 N–H and O–H groups in total. The predicted octanol–water partition coefficient (Wildman–Crippen LogP) is 2.80. The molecule has 2 atom stereocenters. The Labute approximate surface area is 138 Å². The first-order valence-corrected chi connectivity index (χ1v) is 7.76. The van der Waals surface area contributed by atoms with Crippen LogP contribution >= 0.6 is 0 Å². The zero-order valence-electron chi connectivity index (χ0n) is 13.3. The summed E-state index contributed by atoms with van der Waals surface area (Å²) in [6.07, 6.45) is 2.27. The smallest absolute Gasteiger partial charge is 0.315 e. The summed E-state index contributed by atoms with van der Waals surface area (Å²) in [5.74, 6) is -1.10. The Morgan fingerprint density at radius 1 is 1.33 bits per heavy atom. The van der Waals surface area contributed by atoms with Gasteiger partial charge < -0.3 is 15.1 Å². The molecule has 0 bridgehead atoms. The van der Waals surface area contributed by atoms with Crippen LogP contribution in [0.4, 0.5) is 13.6 Å². The predicted molar refractivity (Wildman–Crippen MR) is 84.2 cm³/mol. The van der Waals surface area contributed by atoms with E-state index >= 15 is 0 Å². The molecule has 1 fully saturated rings. The van der Waals surface area contributed by atoms with Gasteiger partial charge in [-0.05, 0) is 43.3 Å². The van der Waals surface area contributed by atoms with Gasteiger partial charge in [0.05, 0.1) is 24.9 Å². The van der Waals surface area contributed by atoms with Gasteiger partial charge in [0.1, 0.15) is 5.76 Å². The molecular formula is C17H19F2N3O2. The fraction of sp³-hybridized carbons (Fsp3) is 0.353. The van der Waals surface area contributed by atoms with Crippen molar-refractivity contribution in [2.75, 3.05) is 13.6 Å². The summed E-state index contributed by atoms with van der Waals surface area (Å²) in [5.41, 5.74) is 0.644. The number of rotatable bonds is 4. The van der Waals surface area contributed by atoms with Crippen LogP contribution in [0.15, 0.2) is 41.0 Å². The molecule has 0 saturated carbocycles. The third-order valence-corrected chi connectivity index (χ3v) is 4.25. The number of likely N-dealkylation sites (tertiary alicyclic amines) is 1. The Balaban J connectivity index is 1.65. The number of furan rings is 1. The van der Waals surface area contributed by atoms with Crippen molar-refractivity contribution in [3.05, 3.63) is 59.6 Å². The Bertz CT molecular complexity index is 706. The second-order valence-electron chi connectivity index (χ2n) is 5.90. The summed E-state index contributed by atoms with van der Waals surface area (Å²) in [7, 11) is 1.90. The summed E-state index contributed by atoms with van der Waals surface area (Å²) in [5, 5.41) is 5.63. The van der Waals surface area contributed by atoms with E-state index < -0.39 is 11.6 Å². The fourth-order valence-corrected chi connectivity index (χ4v) is 3.08. The van der Waals surface area contributed by atoms with Gasteiger partial charge in [-0.25, -0.2) is 13.6 Å². The lowest BCUT2D eigenvalue weighted by molar-refractivity contribution is 0.228. The highest BCUT2D eigenvalue weighted by molar-refractivity contribution is 5.74. The molecule has 128 valence electrons. The first-order chi connectivity index (χ1) is 11.5. The molecule has 0 aliphatic carbocycles. The Morgan fingerprint density at radius 2 is 2.17 bits per heavy atom. The van der Waals surface area contributed by atoms with Crippen LogP contribution in [-0.4, -0.2) is 30.6 Å². The lowest BCUT2D eigenvalue weighted by atomic mass is 10.00. The number of urea groups is 1. The van der Waals surface area contributed by atoms with Gasteiger partial charge >= 0.3 is 6.03 Å². The Morgan fingerprint density at radius 3 is 2.88 bits per heavy atom. The number of benzene rings is 1. The van der Waals surface area contributed by atoms with Crippen LogP contribution in [-0.2, 0) is 6.54 Å². The normalized spacial score (nSPS) is 21.0. The van der Waals surface area contributed by atoms with Gasteiger partial charge in [0.25, 0.3) is 0 Å². The monoisotopic (exact) mass is 335 g/mol. The van der Waals surface area contributed by atoms with E-state index in [1.54, 1.807) is 24.5 Å². The number of nitrogens with one attached hydrogen (secondary N) is 2. The van der Waals surface area contributed by atoms with Crippen molar-refractivity contribution >= 4 is 6.03 Å². The van der Waals surface area contributed by atoms with E-state index in [-0.39, 0.29) is 24.7 Å². The Hall–Kier alpha value is -2.41. The number of hydrogen-bond acceptors (Lipinski definition) is 3. The molecular weight excluding hydrogens is 316 g/mol. The van der Waals surface area contributed by atoms with Crippen molar-refractivity contribution in [2.45, 2.75) is 25.0 Å². The van der Waals surface area contributed by atoms with Crippen LogP contribution in [0.1, 0.15) is 23.8 Å². The van der Waals surface area contributed by atoms with E-state index in [4.69, 9.17) is 4.42 Å². The number of carbonyl (C=O) groups excluding carboxylic acids is 1. The van der Waals surface area contributed by atoms with E-state index in [0.717, 1.165) is 19.0 Å². The first-order valence-electron chi connectivity index (χ1n) is 7.76. The summed E-state index contributed by atoms with van der Waals surface area (Å²) in [4.78, 5) is 14.1. The maximum Gasteiger partial charge on any atom is 0.315 e. The highest BCUT2D eigenvalue weighted by Crippen LogP contribution is 2.31. The van der Waals surface area contributed by atoms with Gasteiger partial charge in [0.2, 0.25) is 0 Å². The van der Waals surface area contributed by atoms with Gasteiger partial charge in [0, 0.05) is 6.54 Å². The van der Waals surface area contributed by atoms with Crippen molar-refractivity contribution in [3.63, 3.8) is 0 Å². The summed E-state index contributed by atoms with van der Waals surface area (Å²) < 4.78 is 31.8. The molecule has 2 aromatic rings. The number of carbonyl (C=O) groups is 1. The standard InChI is InChI=1S/C17H19F2N3O2/c1-22-7-6-15(16(22)11-4-5-13(18)14(19)9-11)21-17(23)20-10-12-3-2-8-24-12/h2-5,8-9,15-16H,6-7,10H2,1H3,(H2,20,21,23)/t15-,16-/m0/s1. The zero-order chi connectivity index (χ0) is 17.1.